The molecule has 0 spiro atoms. The molecule has 174 valence electrons. The SMILES string of the molecule is COC[C@@H]1CCCN1CCOc1ccc2oc(-c3cc4cccn4cn3)c/c(=N/O)c2c1.Cl. The first-order valence-electron chi connectivity index (χ1n) is 10.8. The van der Waals surface area contributed by atoms with Crippen LogP contribution in [0.25, 0.3) is 27.9 Å². The highest BCUT2D eigenvalue weighted by atomic mass is 35.5. The summed E-state index contributed by atoms with van der Waals surface area (Å²) in [5.74, 6) is 1.24. The summed E-state index contributed by atoms with van der Waals surface area (Å²) >= 11 is 0. The van der Waals surface area contributed by atoms with E-state index in [1.165, 1.54) is 12.8 Å². The normalized spacial score (nSPS) is 17.0. The summed E-state index contributed by atoms with van der Waals surface area (Å²) in [6.07, 6.45) is 6.03. The Balaban J connectivity index is 0.00000259. The van der Waals surface area contributed by atoms with Crippen molar-refractivity contribution in [3.8, 4) is 17.2 Å². The van der Waals surface area contributed by atoms with Gasteiger partial charge in [0.1, 0.15) is 29.0 Å². The largest absolute Gasteiger partial charge is 0.492 e. The summed E-state index contributed by atoms with van der Waals surface area (Å²) in [7, 11) is 1.75. The molecule has 1 atom stereocenters. The Hall–Kier alpha value is -3.07. The van der Waals surface area contributed by atoms with E-state index in [-0.39, 0.29) is 12.4 Å². The number of hydrogen-bond acceptors (Lipinski definition) is 7. The lowest BCUT2D eigenvalue weighted by molar-refractivity contribution is 0.105. The van der Waals surface area contributed by atoms with Crippen LogP contribution in [-0.4, -0.2) is 58.9 Å². The molecule has 8 nitrogen and oxygen atoms in total. The third kappa shape index (κ3) is 4.83. The maximum Gasteiger partial charge on any atom is 0.155 e. The summed E-state index contributed by atoms with van der Waals surface area (Å²) < 4.78 is 19.3. The van der Waals surface area contributed by atoms with Crippen LogP contribution in [0.5, 0.6) is 5.75 Å². The van der Waals surface area contributed by atoms with E-state index in [0.717, 1.165) is 25.2 Å². The monoisotopic (exact) mass is 470 g/mol. The highest BCUT2D eigenvalue weighted by Gasteiger charge is 2.23. The Bertz CT molecular complexity index is 1300. The predicted molar refractivity (Wildman–Crippen MR) is 127 cm³/mol. The molecule has 1 aliphatic heterocycles. The third-order valence-corrected chi connectivity index (χ3v) is 6.00. The quantitative estimate of drug-likeness (QED) is 0.325. The minimum Gasteiger partial charge on any atom is -0.492 e. The van der Waals surface area contributed by atoms with Crippen molar-refractivity contribution in [1.29, 1.82) is 0 Å². The molecule has 0 radical (unpaired) electrons. The first-order valence-corrected chi connectivity index (χ1v) is 10.8. The van der Waals surface area contributed by atoms with Gasteiger partial charge in [-0.05, 0) is 55.8 Å². The zero-order chi connectivity index (χ0) is 21.9. The Morgan fingerprint density at radius 1 is 1.24 bits per heavy atom. The van der Waals surface area contributed by atoms with E-state index in [4.69, 9.17) is 13.9 Å². The van der Waals surface area contributed by atoms with Gasteiger partial charge < -0.3 is 23.5 Å². The first kappa shape index (κ1) is 23.1. The fourth-order valence-corrected chi connectivity index (χ4v) is 4.37. The lowest BCUT2D eigenvalue weighted by Gasteiger charge is -2.23. The number of halogens is 1. The van der Waals surface area contributed by atoms with E-state index >= 15 is 0 Å². The van der Waals surface area contributed by atoms with E-state index < -0.39 is 0 Å². The predicted octanol–water partition coefficient (Wildman–Crippen LogP) is 3.95. The fourth-order valence-electron chi connectivity index (χ4n) is 4.37. The van der Waals surface area contributed by atoms with Crippen LogP contribution in [0, 0.1) is 0 Å². The topological polar surface area (TPSA) is 84.7 Å². The van der Waals surface area contributed by atoms with Gasteiger partial charge in [0, 0.05) is 37.5 Å². The van der Waals surface area contributed by atoms with Crippen LogP contribution in [-0.2, 0) is 4.74 Å². The van der Waals surface area contributed by atoms with Gasteiger partial charge in [0.15, 0.2) is 5.76 Å². The van der Waals surface area contributed by atoms with Gasteiger partial charge >= 0.3 is 0 Å². The zero-order valence-electron chi connectivity index (χ0n) is 18.4. The molecular formula is C24H27ClN4O4. The standard InChI is InChI=1S/C24H26N4O4.ClH/c1-30-15-18-5-3-8-27(18)10-11-31-19-6-7-23-20(13-19)21(26-29)14-24(32-23)22-12-17-4-2-9-28(17)16-25-22;/h2,4,6-7,9,12-14,16,18,29H,3,5,8,10-11,15H2,1H3;1H/b26-21-;/t18-;/m0./s1. The first-order chi connectivity index (χ1) is 15.7. The number of ether oxygens (including phenoxy) is 2. The Labute approximate surface area is 197 Å². The lowest BCUT2D eigenvalue weighted by Crippen LogP contribution is -2.35. The molecule has 5 rings (SSSR count). The molecule has 1 N–H and O–H groups in total. The third-order valence-electron chi connectivity index (χ3n) is 6.00. The molecule has 33 heavy (non-hydrogen) atoms. The summed E-state index contributed by atoms with van der Waals surface area (Å²) in [6, 6.07) is 13.6. The van der Waals surface area contributed by atoms with Crippen molar-refractivity contribution in [2.24, 2.45) is 5.16 Å². The Kier molecular flexibility index (Phi) is 7.17. The fraction of sp³-hybridized carbons (Fsp3) is 0.333. The molecule has 0 bridgehead atoms. The molecule has 0 amide bonds. The van der Waals surface area contributed by atoms with Crippen molar-refractivity contribution in [2.45, 2.75) is 18.9 Å². The average Bonchev–Trinajstić information content (AvgIpc) is 3.47. The van der Waals surface area contributed by atoms with Crippen LogP contribution in [0.1, 0.15) is 12.8 Å². The zero-order valence-corrected chi connectivity index (χ0v) is 19.2. The van der Waals surface area contributed by atoms with Crippen LogP contribution in [0.15, 0.2) is 64.6 Å². The smallest absolute Gasteiger partial charge is 0.155 e. The van der Waals surface area contributed by atoms with Crippen LogP contribution >= 0.6 is 12.4 Å². The van der Waals surface area contributed by atoms with Gasteiger partial charge in [-0.25, -0.2) is 4.98 Å². The molecule has 0 saturated carbocycles. The number of methoxy groups -OCH3 is 1. The summed E-state index contributed by atoms with van der Waals surface area (Å²) in [4.78, 5) is 6.87. The van der Waals surface area contributed by atoms with E-state index in [9.17, 15) is 5.21 Å². The van der Waals surface area contributed by atoms with E-state index in [2.05, 4.69) is 15.0 Å². The summed E-state index contributed by atoms with van der Waals surface area (Å²) in [6.45, 7) is 3.26. The molecule has 1 aromatic carbocycles. The lowest BCUT2D eigenvalue weighted by atomic mass is 10.2. The molecule has 4 aromatic rings. The van der Waals surface area contributed by atoms with E-state index in [1.807, 2.05) is 47.0 Å². The molecule has 4 heterocycles. The number of likely N-dealkylation sites (tertiary alicyclic amines) is 1. The van der Waals surface area contributed by atoms with Gasteiger partial charge in [-0.15, -0.1) is 12.4 Å². The van der Waals surface area contributed by atoms with Crippen LogP contribution in [0.3, 0.4) is 0 Å². The van der Waals surface area contributed by atoms with Gasteiger partial charge in [0.2, 0.25) is 0 Å². The second kappa shape index (κ2) is 10.2. The molecule has 1 saturated heterocycles. The van der Waals surface area contributed by atoms with E-state index in [1.54, 1.807) is 19.5 Å². The molecule has 1 fully saturated rings. The summed E-state index contributed by atoms with van der Waals surface area (Å²) in [5, 5.41) is 14.2. The average molecular weight is 471 g/mol. The Morgan fingerprint density at radius 3 is 3.00 bits per heavy atom. The number of aromatic nitrogens is 2. The van der Waals surface area contributed by atoms with Gasteiger partial charge in [0.25, 0.3) is 0 Å². The van der Waals surface area contributed by atoms with Gasteiger partial charge in [-0.1, -0.05) is 5.16 Å². The van der Waals surface area contributed by atoms with Crippen LogP contribution in [0.4, 0.5) is 0 Å². The summed E-state index contributed by atoms with van der Waals surface area (Å²) in [5.41, 5.74) is 2.27. The molecule has 3 aromatic heterocycles. The second-order valence-electron chi connectivity index (χ2n) is 8.00. The minimum atomic E-state index is 0. The highest BCUT2D eigenvalue weighted by Crippen LogP contribution is 2.25. The van der Waals surface area contributed by atoms with Crippen molar-refractivity contribution in [1.82, 2.24) is 14.3 Å². The number of fused-ring (bicyclic) bond motifs is 2. The molecule has 0 aliphatic carbocycles. The molecule has 9 heteroatoms. The van der Waals surface area contributed by atoms with Gasteiger partial charge in [-0.2, -0.15) is 0 Å². The van der Waals surface area contributed by atoms with Crippen molar-refractivity contribution < 1.29 is 19.1 Å². The molecule has 1 aliphatic rings. The number of nitrogens with zero attached hydrogens (tertiary/aromatic N) is 4. The van der Waals surface area contributed by atoms with Crippen LogP contribution < -0.4 is 10.1 Å². The molecule has 0 unspecified atom stereocenters. The van der Waals surface area contributed by atoms with Crippen molar-refractivity contribution >= 4 is 28.9 Å². The second-order valence-corrected chi connectivity index (χ2v) is 8.00. The van der Waals surface area contributed by atoms with Crippen LogP contribution in [0.2, 0.25) is 0 Å². The van der Waals surface area contributed by atoms with E-state index in [0.29, 0.717) is 46.2 Å². The molecular weight excluding hydrogens is 444 g/mol. The van der Waals surface area contributed by atoms with Crippen molar-refractivity contribution in [3.05, 3.63) is 60.3 Å². The number of benzene rings is 1. The number of hydrogen-bond donors (Lipinski definition) is 1. The maximum atomic E-state index is 9.64. The number of rotatable bonds is 7. The highest BCUT2D eigenvalue weighted by molar-refractivity contribution is 5.85. The minimum absolute atomic E-state index is 0. The van der Waals surface area contributed by atoms with Crippen molar-refractivity contribution in [2.75, 3.05) is 33.4 Å². The van der Waals surface area contributed by atoms with Gasteiger partial charge in [-0.3, -0.25) is 4.90 Å². The maximum absolute atomic E-state index is 9.64. The Morgan fingerprint density at radius 2 is 2.15 bits per heavy atom. The van der Waals surface area contributed by atoms with Gasteiger partial charge in [0.05, 0.1) is 18.3 Å². The van der Waals surface area contributed by atoms with Crippen molar-refractivity contribution in [3.63, 3.8) is 0 Å².